The van der Waals surface area contributed by atoms with Crippen LogP contribution in [0, 0.1) is 6.92 Å². The Labute approximate surface area is 128 Å². The van der Waals surface area contributed by atoms with E-state index in [0.717, 1.165) is 45.6 Å². The number of carbonyl (C=O) groups is 1. The smallest absolute Gasteiger partial charge is 0.138 e. The van der Waals surface area contributed by atoms with Gasteiger partial charge in [-0.2, -0.15) is 0 Å². The number of hydrogen-bond acceptors (Lipinski definition) is 4. The van der Waals surface area contributed by atoms with E-state index in [-0.39, 0.29) is 6.04 Å². The summed E-state index contributed by atoms with van der Waals surface area (Å²) in [6, 6.07) is 8.74. The lowest BCUT2D eigenvalue weighted by Gasteiger charge is -2.38. The monoisotopic (exact) mass is 289 g/mol. The highest BCUT2D eigenvalue weighted by Crippen LogP contribution is 2.11. The molecule has 0 aromatic heterocycles. The van der Waals surface area contributed by atoms with Crippen LogP contribution in [-0.4, -0.2) is 73.8 Å². The summed E-state index contributed by atoms with van der Waals surface area (Å²) in [4.78, 5) is 18.1. The standard InChI is InChI=1S/C17H27N3O/c1-15-5-4-6-16(11-15)12-19-7-9-20(10-8-19)17(14-21)13-18(2)3/h4-6,11,14,17H,7-10,12-13H2,1-3H3. The second-order valence-electron chi connectivity index (χ2n) is 6.27. The van der Waals surface area contributed by atoms with E-state index in [4.69, 9.17) is 0 Å². The summed E-state index contributed by atoms with van der Waals surface area (Å²) in [6.07, 6.45) is 1.09. The van der Waals surface area contributed by atoms with Crippen LogP contribution in [0.1, 0.15) is 11.1 Å². The molecule has 2 rings (SSSR count). The zero-order chi connectivity index (χ0) is 15.2. The number of aldehydes is 1. The van der Waals surface area contributed by atoms with Gasteiger partial charge in [0.2, 0.25) is 0 Å². The number of likely N-dealkylation sites (N-methyl/N-ethyl adjacent to an activating group) is 1. The molecule has 1 aliphatic heterocycles. The SMILES string of the molecule is Cc1cccc(CN2CCN(C(C=O)CN(C)C)CC2)c1. The van der Waals surface area contributed by atoms with Gasteiger partial charge in [0.15, 0.2) is 0 Å². The van der Waals surface area contributed by atoms with Gasteiger partial charge in [-0.3, -0.25) is 9.80 Å². The van der Waals surface area contributed by atoms with Crippen LogP contribution in [-0.2, 0) is 11.3 Å². The van der Waals surface area contributed by atoms with Crippen molar-refractivity contribution in [3.63, 3.8) is 0 Å². The fourth-order valence-corrected chi connectivity index (χ4v) is 2.94. The van der Waals surface area contributed by atoms with Gasteiger partial charge in [0, 0.05) is 39.3 Å². The zero-order valence-corrected chi connectivity index (χ0v) is 13.5. The Morgan fingerprint density at radius 3 is 2.52 bits per heavy atom. The van der Waals surface area contributed by atoms with Gasteiger partial charge >= 0.3 is 0 Å². The minimum atomic E-state index is 0.0288. The van der Waals surface area contributed by atoms with Crippen molar-refractivity contribution in [3.05, 3.63) is 35.4 Å². The third-order valence-electron chi connectivity index (χ3n) is 4.07. The van der Waals surface area contributed by atoms with Crippen LogP contribution in [0.4, 0.5) is 0 Å². The van der Waals surface area contributed by atoms with E-state index in [1.54, 1.807) is 0 Å². The van der Waals surface area contributed by atoms with E-state index in [1.807, 2.05) is 14.1 Å². The molecule has 1 heterocycles. The van der Waals surface area contributed by atoms with Crippen LogP contribution < -0.4 is 0 Å². The number of hydrogen-bond donors (Lipinski definition) is 0. The Bertz CT molecular complexity index is 453. The predicted octanol–water partition coefficient (Wildman–Crippen LogP) is 1.24. The van der Waals surface area contributed by atoms with Gasteiger partial charge in [-0.25, -0.2) is 0 Å². The molecule has 0 saturated carbocycles. The average Bonchev–Trinajstić information content (AvgIpc) is 2.45. The Kier molecular flexibility index (Phi) is 5.91. The quantitative estimate of drug-likeness (QED) is 0.736. The van der Waals surface area contributed by atoms with Gasteiger partial charge in [0.05, 0.1) is 6.04 Å². The largest absolute Gasteiger partial charge is 0.307 e. The van der Waals surface area contributed by atoms with E-state index < -0.39 is 0 Å². The van der Waals surface area contributed by atoms with Gasteiger partial charge in [-0.05, 0) is 26.6 Å². The zero-order valence-electron chi connectivity index (χ0n) is 13.5. The molecule has 1 saturated heterocycles. The normalized spacial score (nSPS) is 18.9. The highest BCUT2D eigenvalue weighted by molar-refractivity contribution is 5.58. The van der Waals surface area contributed by atoms with Crippen molar-refractivity contribution in [2.75, 3.05) is 46.8 Å². The molecule has 0 aliphatic carbocycles. The van der Waals surface area contributed by atoms with Crippen LogP contribution in [0.3, 0.4) is 0 Å². The van der Waals surface area contributed by atoms with Gasteiger partial charge in [-0.1, -0.05) is 29.8 Å². The van der Waals surface area contributed by atoms with E-state index >= 15 is 0 Å². The van der Waals surface area contributed by atoms with Crippen molar-refractivity contribution >= 4 is 6.29 Å². The minimum absolute atomic E-state index is 0.0288. The molecule has 0 spiro atoms. The molecule has 1 unspecified atom stereocenters. The molecule has 116 valence electrons. The number of aryl methyl sites for hydroxylation is 1. The lowest BCUT2D eigenvalue weighted by molar-refractivity contribution is -0.113. The number of piperazine rings is 1. The van der Waals surface area contributed by atoms with Gasteiger partial charge in [0.1, 0.15) is 6.29 Å². The molecule has 4 nitrogen and oxygen atoms in total. The molecule has 1 fully saturated rings. The van der Waals surface area contributed by atoms with Gasteiger partial charge < -0.3 is 9.69 Å². The molecule has 21 heavy (non-hydrogen) atoms. The molecule has 0 radical (unpaired) electrons. The molecule has 0 N–H and O–H groups in total. The van der Waals surface area contributed by atoms with E-state index in [2.05, 4.69) is 45.9 Å². The summed E-state index contributed by atoms with van der Waals surface area (Å²) in [7, 11) is 4.04. The van der Waals surface area contributed by atoms with Crippen molar-refractivity contribution in [1.82, 2.24) is 14.7 Å². The number of nitrogens with zero attached hydrogens (tertiary/aromatic N) is 3. The molecular weight excluding hydrogens is 262 g/mol. The fourth-order valence-electron chi connectivity index (χ4n) is 2.94. The number of carbonyl (C=O) groups excluding carboxylic acids is 1. The third-order valence-corrected chi connectivity index (χ3v) is 4.07. The molecule has 0 amide bonds. The molecule has 1 atom stereocenters. The van der Waals surface area contributed by atoms with Crippen LogP contribution in [0.15, 0.2) is 24.3 Å². The molecule has 1 aromatic carbocycles. The van der Waals surface area contributed by atoms with Crippen LogP contribution >= 0.6 is 0 Å². The predicted molar refractivity (Wildman–Crippen MR) is 86.4 cm³/mol. The second kappa shape index (κ2) is 7.69. The number of benzene rings is 1. The summed E-state index contributed by atoms with van der Waals surface area (Å²) in [5, 5.41) is 0. The topological polar surface area (TPSA) is 26.8 Å². The van der Waals surface area contributed by atoms with Crippen LogP contribution in [0.25, 0.3) is 0 Å². The summed E-state index contributed by atoms with van der Waals surface area (Å²) in [5.41, 5.74) is 2.70. The highest BCUT2D eigenvalue weighted by Gasteiger charge is 2.23. The maximum absolute atomic E-state index is 11.3. The summed E-state index contributed by atoms with van der Waals surface area (Å²) in [6.45, 7) is 7.97. The molecule has 1 aliphatic rings. The second-order valence-corrected chi connectivity index (χ2v) is 6.27. The minimum Gasteiger partial charge on any atom is -0.307 e. The van der Waals surface area contributed by atoms with Crippen molar-refractivity contribution in [1.29, 1.82) is 0 Å². The third kappa shape index (κ3) is 4.92. The maximum atomic E-state index is 11.3. The summed E-state index contributed by atoms with van der Waals surface area (Å²) in [5.74, 6) is 0. The Balaban J connectivity index is 1.84. The summed E-state index contributed by atoms with van der Waals surface area (Å²) < 4.78 is 0. The van der Waals surface area contributed by atoms with Gasteiger partial charge in [-0.15, -0.1) is 0 Å². The van der Waals surface area contributed by atoms with Crippen LogP contribution in [0.5, 0.6) is 0 Å². The van der Waals surface area contributed by atoms with Gasteiger partial charge in [0.25, 0.3) is 0 Å². The molecular formula is C17H27N3O. The van der Waals surface area contributed by atoms with Crippen molar-refractivity contribution in [3.8, 4) is 0 Å². The average molecular weight is 289 g/mol. The van der Waals surface area contributed by atoms with Crippen molar-refractivity contribution in [2.45, 2.75) is 19.5 Å². The Morgan fingerprint density at radius 2 is 1.95 bits per heavy atom. The maximum Gasteiger partial charge on any atom is 0.138 e. The fraction of sp³-hybridized carbons (Fsp3) is 0.588. The molecule has 1 aromatic rings. The Morgan fingerprint density at radius 1 is 1.24 bits per heavy atom. The van der Waals surface area contributed by atoms with Crippen molar-refractivity contribution in [2.24, 2.45) is 0 Å². The van der Waals surface area contributed by atoms with E-state index in [9.17, 15) is 4.79 Å². The van der Waals surface area contributed by atoms with E-state index in [1.165, 1.54) is 11.1 Å². The van der Waals surface area contributed by atoms with Crippen LogP contribution in [0.2, 0.25) is 0 Å². The first-order chi connectivity index (χ1) is 10.1. The Hall–Kier alpha value is -1.23. The first-order valence-electron chi connectivity index (χ1n) is 7.70. The van der Waals surface area contributed by atoms with E-state index in [0.29, 0.717) is 0 Å². The van der Waals surface area contributed by atoms with Crippen molar-refractivity contribution < 1.29 is 4.79 Å². The first kappa shape index (κ1) is 16.1. The highest BCUT2D eigenvalue weighted by atomic mass is 16.1. The lowest BCUT2D eigenvalue weighted by atomic mass is 10.1. The summed E-state index contributed by atoms with van der Waals surface area (Å²) >= 11 is 0. The first-order valence-corrected chi connectivity index (χ1v) is 7.70. The number of rotatable bonds is 6. The lowest BCUT2D eigenvalue weighted by Crippen LogP contribution is -2.53. The molecule has 4 heteroatoms. The molecule has 0 bridgehead atoms.